The van der Waals surface area contributed by atoms with Gasteiger partial charge in [-0.05, 0) is 35.4 Å². The molecule has 0 N–H and O–H groups in total. The predicted octanol–water partition coefficient (Wildman–Crippen LogP) is 3.64. The molecule has 134 valence electrons. The van der Waals surface area contributed by atoms with E-state index in [-0.39, 0.29) is 23.2 Å². The minimum absolute atomic E-state index is 0.218. The van der Waals surface area contributed by atoms with Gasteiger partial charge in [-0.15, -0.1) is 0 Å². The average molecular weight is 355 g/mol. The van der Waals surface area contributed by atoms with Crippen LogP contribution in [0.2, 0.25) is 0 Å². The number of rotatable bonds is 5. The number of carbonyl (C=O) groups excluding carboxylic acids is 1. The van der Waals surface area contributed by atoms with Crippen LogP contribution in [0.4, 0.5) is 8.78 Å². The van der Waals surface area contributed by atoms with Crippen molar-refractivity contribution in [2.45, 2.75) is 13.1 Å². The quantitative estimate of drug-likeness (QED) is 0.766. The Kier molecular flexibility index (Phi) is 5.14. The molecule has 1 heterocycles. The summed E-state index contributed by atoms with van der Waals surface area (Å²) in [7, 11) is 0. The molecule has 1 amide bonds. The molecule has 4 nitrogen and oxygen atoms in total. The maximum Gasteiger partial charge on any atom is 0.272 e. The van der Waals surface area contributed by atoms with Gasteiger partial charge in [0.1, 0.15) is 17.3 Å². The van der Waals surface area contributed by atoms with Gasteiger partial charge in [-0.1, -0.05) is 37.4 Å². The van der Waals surface area contributed by atoms with Crippen molar-refractivity contribution in [2.75, 3.05) is 6.67 Å². The van der Waals surface area contributed by atoms with Crippen molar-refractivity contribution in [3.05, 3.63) is 96.3 Å². The molecule has 0 unspecified atom stereocenters. The highest BCUT2D eigenvalue weighted by molar-refractivity contribution is 5.92. The van der Waals surface area contributed by atoms with Crippen molar-refractivity contribution in [1.82, 2.24) is 14.9 Å². The second-order valence-corrected chi connectivity index (χ2v) is 6.04. The first-order valence-corrected chi connectivity index (χ1v) is 8.11. The number of hydrogen-bond acceptors (Lipinski definition) is 3. The van der Waals surface area contributed by atoms with Gasteiger partial charge in [0.15, 0.2) is 0 Å². The van der Waals surface area contributed by atoms with Crippen LogP contribution in [0.5, 0.6) is 0 Å². The maximum atomic E-state index is 13.1. The normalized spacial score (nSPS) is 15.5. The summed E-state index contributed by atoms with van der Waals surface area (Å²) >= 11 is 0. The van der Waals surface area contributed by atoms with Crippen LogP contribution in [0.15, 0.2) is 73.6 Å². The van der Waals surface area contributed by atoms with Crippen LogP contribution >= 0.6 is 0 Å². The van der Waals surface area contributed by atoms with Gasteiger partial charge in [0.25, 0.3) is 5.91 Å². The summed E-state index contributed by atoms with van der Waals surface area (Å²) in [5.74, 6) is -0.839. The predicted molar refractivity (Wildman–Crippen MR) is 94.9 cm³/mol. The van der Waals surface area contributed by atoms with E-state index in [9.17, 15) is 13.6 Å². The Morgan fingerprint density at radius 3 is 1.92 bits per heavy atom. The van der Waals surface area contributed by atoms with Gasteiger partial charge < -0.3 is 4.90 Å². The lowest BCUT2D eigenvalue weighted by molar-refractivity contribution is -0.146. The van der Waals surface area contributed by atoms with E-state index in [4.69, 9.17) is 0 Å². The molecule has 1 fully saturated rings. The van der Waals surface area contributed by atoms with Gasteiger partial charge >= 0.3 is 0 Å². The van der Waals surface area contributed by atoms with Crippen LogP contribution in [0, 0.1) is 11.6 Å². The molecule has 0 bridgehead atoms. The fourth-order valence-electron chi connectivity index (χ4n) is 2.87. The molecule has 0 saturated carbocycles. The van der Waals surface area contributed by atoms with E-state index in [1.165, 1.54) is 30.5 Å². The maximum absolute atomic E-state index is 13.1. The number of hydrogen-bond donors (Lipinski definition) is 0. The highest BCUT2D eigenvalue weighted by atomic mass is 19.1. The number of nitrogens with zero attached hydrogens (tertiary/aromatic N) is 3. The first-order chi connectivity index (χ1) is 12.5. The molecule has 6 heteroatoms. The minimum Gasteiger partial charge on any atom is -0.318 e. The van der Waals surface area contributed by atoms with Crippen molar-refractivity contribution >= 4 is 5.91 Å². The Bertz CT molecular complexity index is 818. The summed E-state index contributed by atoms with van der Waals surface area (Å²) in [6.45, 7) is 8.70. The van der Waals surface area contributed by atoms with Crippen molar-refractivity contribution in [1.29, 1.82) is 0 Å². The number of amides is 1. The Morgan fingerprint density at radius 1 is 0.923 bits per heavy atom. The van der Waals surface area contributed by atoms with Crippen LogP contribution in [0.1, 0.15) is 11.1 Å². The lowest BCUT2D eigenvalue weighted by atomic mass is 10.2. The van der Waals surface area contributed by atoms with Crippen LogP contribution in [0.25, 0.3) is 0 Å². The van der Waals surface area contributed by atoms with Gasteiger partial charge in [-0.3, -0.25) is 9.80 Å². The molecule has 2 aromatic carbocycles. The Labute approximate surface area is 151 Å². The monoisotopic (exact) mass is 355 g/mol. The Morgan fingerprint density at radius 2 is 1.42 bits per heavy atom. The third-order valence-corrected chi connectivity index (χ3v) is 4.19. The van der Waals surface area contributed by atoms with E-state index in [0.29, 0.717) is 19.8 Å². The summed E-state index contributed by atoms with van der Waals surface area (Å²) in [6.07, 6.45) is 1.53. The molecule has 3 rings (SSSR count). The number of halogens is 2. The van der Waals surface area contributed by atoms with Gasteiger partial charge in [-0.2, -0.15) is 5.01 Å². The minimum atomic E-state index is -0.320. The molecule has 0 aliphatic carbocycles. The molecule has 2 aromatic rings. The Balaban J connectivity index is 1.79. The third-order valence-electron chi connectivity index (χ3n) is 4.19. The summed E-state index contributed by atoms with van der Waals surface area (Å²) < 4.78 is 26.2. The molecule has 0 aromatic heterocycles. The van der Waals surface area contributed by atoms with Crippen molar-refractivity contribution in [3.63, 3.8) is 0 Å². The van der Waals surface area contributed by atoms with Gasteiger partial charge in [0.2, 0.25) is 0 Å². The van der Waals surface area contributed by atoms with Crippen LogP contribution in [-0.2, 0) is 17.9 Å². The highest BCUT2D eigenvalue weighted by Gasteiger charge is 2.32. The standard InChI is InChI=1S/C20H19F2N3O/c1-3-25-15(2)20(26)23(12-16-4-8-18(21)9-5-16)14-24(25)13-17-6-10-19(22)11-7-17/h3-11H,1-2,12-14H2. The second kappa shape index (κ2) is 7.49. The summed E-state index contributed by atoms with van der Waals surface area (Å²) in [5.41, 5.74) is 1.99. The molecular formula is C20H19F2N3O. The van der Waals surface area contributed by atoms with Gasteiger partial charge in [0, 0.05) is 19.3 Å². The zero-order valence-electron chi connectivity index (χ0n) is 14.2. The van der Waals surface area contributed by atoms with Gasteiger partial charge in [0.05, 0.1) is 6.67 Å². The number of carbonyl (C=O) groups is 1. The first kappa shape index (κ1) is 17.8. The van der Waals surface area contributed by atoms with Crippen molar-refractivity contribution in [2.24, 2.45) is 0 Å². The lowest BCUT2D eigenvalue weighted by Crippen LogP contribution is -2.54. The molecule has 0 spiro atoms. The van der Waals surface area contributed by atoms with Gasteiger partial charge in [-0.25, -0.2) is 8.78 Å². The Hall–Kier alpha value is -2.99. The van der Waals surface area contributed by atoms with E-state index >= 15 is 0 Å². The second-order valence-electron chi connectivity index (χ2n) is 6.04. The molecule has 1 aliphatic rings. The number of benzene rings is 2. The fraction of sp³-hybridized carbons (Fsp3) is 0.150. The van der Waals surface area contributed by atoms with E-state index in [2.05, 4.69) is 13.2 Å². The van der Waals surface area contributed by atoms with Crippen molar-refractivity contribution in [3.8, 4) is 0 Å². The summed E-state index contributed by atoms with van der Waals surface area (Å²) in [6, 6.07) is 12.2. The molecule has 1 aliphatic heterocycles. The fourth-order valence-corrected chi connectivity index (χ4v) is 2.87. The zero-order valence-corrected chi connectivity index (χ0v) is 14.2. The molecule has 0 atom stereocenters. The van der Waals surface area contributed by atoms with Crippen LogP contribution in [-0.4, -0.2) is 27.5 Å². The first-order valence-electron chi connectivity index (χ1n) is 8.11. The molecular weight excluding hydrogens is 336 g/mol. The van der Waals surface area contributed by atoms with Crippen LogP contribution < -0.4 is 0 Å². The largest absolute Gasteiger partial charge is 0.318 e. The van der Waals surface area contributed by atoms with E-state index in [0.717, 1.165) is 11.1 Å². The van der Waals surface area contributed by atoms with Crippen LogP contribution in [0.3, 0.4) is 0 Å². The molecule has 1 saturated heterocycles. The van der Waals surface area contributed by atoms with E-state index in [1.807, 2.05) is 5.01 Å². The highest BCUT2D eigenvalue weighted by Crippen LogP contribution is 2.22. The SMILES string of the molecule is C=CN1C(=C)C(=O)N(Cc2ccc(F)cc2)CN1Cc1ccc(F)cc1. The van der Waals surface area contributed by atoms with E-state index in [1.54, 1.807) is 34.2 Å². The topological polar surface area (TPSA) is 26.8 Å². The lowest BCUT2D eigenvalue weighted by Gasteiger charge is -2.43. The van der Waals surface area contributed by atoms with E-state index < -0.39 is 0 Å². The summed E-state index contributed by atoms with van der Waals surface area (Å²) in [5, 5.41) is 3.49. The number of hydrazine groups is 1. The zero-order chi connectivity index (χ0) is 18.7. The molecule has 0 radical (unpaired) electrons. The summed E-state index contributed by atoms with van der Waals surface area (Å²) in [4.78, 5) is 14.2. The van der Waals surface area contributed by atoms with Crippen molar-refractivity contribution < 1.29 is 13.6 Å². The average Bonchev–Trinajstić information content (AvgIpc) is 2.63. The third kappa shape index (κ3) is 3.81. The molecule has 26 heavy (non-hydrogen) atoms. The smallest absolute Gasteiger partial charge is 0.272 e.